The van der Waals surface area contributed by atoms with E-state index in [1.54, 1.807) is 36.4 Å². The maximum Gasteiger partial charge on any atom is 0.311 e. The number of halogens is 1. The molecule has 0 saturated heterocycles. The van der Waals surface area contributed by atoms with Gasteiger partial charge in [-0.25, -0.2) is 14.8 Å². The molecule has 2 aromatic heterocycles. The summed E-state index contributed by atoms with van der Waals surface area (Å²) in [6.45, 7) is 9.28. The van der Waals surface area contributed by atoms with Gasteiger partial charge in [-0.2, -0.15) is 5.26 Å². The fourth-order valence-corrected chi connectivity index (χ4v) is 5.89. The average molecular weight is 711 g/mol. The summed E-state index contributed by atoms with van der Waals surface area (Å²) < 4.78 is 10.3. The molecule has 0 bridgehead atoms. The van der Waals surface area contributed by atoms with Gasteiger partial charge in [-0.05, 0) is 29.8 Å². The highest BCUT2D eigenvalue weighted by Gasteiger charge is 2.21. The lowest BCUT2D eigenvalue weighted by Crippen LogP contribution is -2.85. The van der Waals surface area contributed by atoms with Crippen LogP contribution in [0.3, 0.4) is 0 Å². The number of thioether (sulfide) groups is 1. The van der Waals surface area contributed by atoms with Crippen LogP contribution in [0.4, 0.5) is 11.5 Å². The van der Waals surface area contributed by atoms with Gasteiger partial charge in [0.1, 0.15) is 40.9 Å². The number of carboxylic acids is 1. The summed E-state index contributed by atoms with van der Waals surface area (Å²) in [4.78, 5) is 34.2. The number of hydrogen-bond donors (Lipinski definition) is 4. The molecule has 0 fully saturated rings. The number of thiazole rings is 1. The van der Waals surface area contributed by atoms with Crippen molar-refractivity contribution in [3.05, 3.63) is 81.6 Å². The zero-order chi connectivity index (χ0) is 34.9. The number of nitrogens with two attached hydrogens (primary N) is 2. The number of aromatic nitrogens is 2. The van der Waals surface area contributed by atoms with Gasteiger partial charge in [0.25, 0.3) is 0 Å². The molecule has 16 heteroatoms. The van der Waals surface area contributed by atoms with Gasteiger partial charge in [0.05, 0.1) is 56.5 Å². The topological polar surface area (TPSA) is 213 Å². The third-order valence-electron chi connectivity index (χ3n) is 6.10. The molecule has 0 unspecified atom stereocenters. The molecule has 0 radical (unpaired) electrons. The molecule has 4 rings (SSSR count). The number of aliphatic carboxylic acids is 1. The Bertz CT molecular complexity index is 1750. The second kappa shape index (κ2) is 19.8. The zero-order valence-electron chi connectivity index (χ0n) is 25.4. The van der Waals surface area contributed by atoms with Crippen LogP contribution in [-0.4, -0.2) is 71.6 Å². The summed E-state index contributed by atoms with van der Waals surface area (Å²) in [6.07, 6.45) is -0.830. The highest BCUT2D eigenvalue weighted by Crippen LogP contribution is 2.42. The lowest BCUT2D eigenvalue weighted by atomic mass is 10.00. The number of nitrogens with zero attached hydrogens (tertiary/aromatic N) is 4. The number of quaternary nitrogens is 1. The van der Waals surface area contributed by atoms with Gasteiger partial charge in [0, 0.05) is 27.3 Å². The summed E-state index contributed by atoms with van der Waals surface area (Å²) in [5.74, 6) is -1.56. The first-order chi connectivity index (χ1) is 23.2. The quantitative estimate of drug-likeness (QED) is 0.0461. The van der Waals surface area contributed by atoms with Gasteiger partial charge >= 0.3 is 5.97 Å². The van der Waals surface area contributed by atoms with Crippen LogP contribution in [0, 0.1) is 17.9 Å². The number of ether oxygens (including phenoxy) is 2. The summed E-state index contributed by atoms with van der Waals surface area (Å²) in [5, 5.41) is 42.5. The van der Waals surface area contributed by atoms with E-state index in [0.717, 1.165) is 16.3 Å². The second-order valence-electron chi connectivity index (χ2n) is 9.52. The van der Waals surface area contributed by atoms with E-state index in [0.29, 0.717) is 45.8 Å². The maximum absolute atomic E-state index is 11.3. The van der Waals surface area contributed by atoms with Gasteiger partial charge in [-0.3, -0.25) is 4.79 Å². The SMILES string of the molecule is OCC[NH2+]CCO.[C-]#[N+]c1c(N)nc(SCc2csc(-c3ccc(Cl)cc3)n2)c(C#N)c1-c1ccc(OCCOC(=O)CC(=O)[O-])cc1. The van der Waals surface area contributed by atoms with Gasteiger partial charge < -0.3 is 40.6 Å². The predicted octanol–water partition coefficient (Wildman–Crippen LogP) is 2.42. The highest BCUT2D eigenvalue weighted by atomic mass is 35.5. The smallest absolute Gasteiger partial charge is 0.311 e. The molecule has 13 nitrogen and oxygen atoms in total. The van der Waals surface area contributed by atoms with Crippen molar-refractivity contribution < 1.29 is 39.7 Å². The molecule has 0 aliphatic rings. The Balaban J connectivity index is 0.000000804. The maximum atomic E-state index is 11.3. The predicted molar refractivity (Wildman–Crippen MR) is 179 cm³/mol. The van der Waals surface area contributed by atoms with Crippen LogP contribution in [0.2, 0.25) is 5.02 Å². The standard InChI is InChI=1S/C28H20ClN5O5S2.C4H11NO2/c1-32-25-24(16-4-8-20(9-5-16)38-10-11-39-23(37)12-22(35)36)21(13-30)28(34-26(25)31)41-15-19-14-40-27(33-19)17-2-6-18(29)7-3-17;6-3-1-5-2-4-7/h2-9,14H,10-12,15H2,(H2,31,34)(H,35,36);5-7H,1-4H2. The minimum atomic E-state index is -1.52. The number of carboxylic acid groups (broad SMARTS) is 1. The number of hydrogen-bond acceptors (Lipinski definition) is 13. The largest absolute Gasteiger partial charge is 0.550 e. The zero-order valence-corrected chi connectivity index (χ0v) is 27.8. The van der Waals surface area contributed by atoms with E-state index in [1.807, 2.05) is 22.8 Å². The number of anilines is 1. The third-order valence-corrected chi connectivity index (χ3v) is 8.30. The number of esters is 1. The first-order valence-electron chi connectivity index (χ1n) is 14.3. The third kappa shape index (κ3) is 11.5. The Kier molecular flexibility index (Phi) is 15.6. The molecule has 6 N–H and O–H groups in total. The minimum absolute atomic E-state index is 0.00573. The number of aliphatic hydroxyl groups excluding tert-OH is 2. The van der Waals surface area contributed by atoms with Crippen molar-refractivity contribution in [2.24, 2.45) is 0 Å². The first-order valence-corrected chi connectivity index (χ1v) is 16.5. The van der Waals surface area contributed by atoms with Crippen molar-refractivity contribution >= 4 is 58.1 Å². The fraction of sp³-hybridized carbons (Fsp3) is 0.250. The molecule has 2 heterocycles. The van der Waals surface area contributed by atoms with Crippen LogP contribution >= 0.6 is 34.7 Å². The van der Waals surface area contributed by atoms with Crippen molar-refractivity contribution in [1.82, 2.24) is 9.97 Å². The first kappa shape index (κ1) is 37.7. The highest BCUT2D eigenvalue weighted by molar-refractivity contribution is 7.98. The van der Waals surface area contributed by atoms with Crippen molar-refractivity contribution in [1.29, 1.82) is 5.26 Å². The average Bonchev–Trinajstić information content (AvgIpc) is 3.55. The Hall–Kier alpha value is -4.74. The molecule has 2 aromatic carbocycles. The number of pyridine rings is 1. The van der Waals surface area contributed by atoms with Gasteiger partial charge in [-0.15, -0.1) is 11.3 Å². The molecule has 4 aromatic rings. The van der Waals surface area contributed by atoms with Gasteiger partial charge in [-0.1, -0.05) is 47.6 Å². The summed E-state index contributed by atoms with van der Waals surface area (Å²) in [7, 11) is 0. The lowest BCUT2D eigenvalue weighted by molar-refractivity contribution is -0.657. The van der Waals surface area contributed by atoms with Gasteiger partial charge in [0.2, 0.25) is 5.69 Å². The molecule has 0 amide bonds. The van der Waals surface area contributed by atoms with Crippen LogP contribution in [-0.2, 0) is 20.1 Å². The molecule has 0 aliphatic heterocycles. The molecule has 48 heavy (non-hydrogen) atoms. The van der Waals surface area contributed by atoms with Crippen molar-refractivity contribution in [2.45, 2.75) is 17.2 Å². The number of rotatable bonds is 15. The fourth-order valence-electron chi connectivity index (χ4n) is 3.94. The summed E-state index contributed by atoms with van der Waals surface area (Å²) in [5.41, 5.74) is 9.11. The Labute approximate surface area is 289 Å². The van der Waals surface area contributed by atoms with E-state index >= 15 is 0 Å². The van der Waals surface area contributed by atoms with E-state index in [4.69, 9.17) is 43.6 Å². The molecule has 0 atom stereocenters. The second-order valence-corrected chi connectivity index (χ2v) is 11.8. The van der Waals surface area contributed by atoms with Crippen LogP contribution in [0.15, 0.2) is 58.9 Å². The van der Waals surface area contributed by atoms with E-state index in [1.165, 1.54) is 23.1 Å². The Morgan fingerprint density at radius 2 is 1.75 bits per heavy atom. The monoisotopic (exact) mass is 710 g/mol. The Morgan fingerprint density at radius 3 is 2.35 bits per heavy atom. The van der Waals surface area contributed by atoms with Crippen LogP contribution in [0.25, 0.3) is 26.5 Å². The van der Waals surface area contributed by atoms with E-state index in [2.05, 4.69) is 20.9 Å². The van der Waals surface area contributed by atoms with Crippen molar-refractivity contribution in [2.75, 3.05) is 45.3 Å². The van der Waals surface area contributed by atoms with Crippen LogP contribution in [0.1, 0.15) is 17.7 Å². The number of carbonyl (C=O) groups excluding carboxylic acids is 2. The van der Waals surface area contributed by atoms with Gasteiger partial charge in [0.15, 0.2) is 0 Å². The molecule has 0 spiro atoms. The summed E-state index contributed by atoms with van der Waals surface area (Å²) >= 11 is 8.77. The molecule has 0 aliphatic carbocycles. The Morgan fingerprint density at radius 1 is 1.08 bits per heavy atom. The van der Waals surface area contributed by atoms with Crippen molar-refractivity contribution in [3.63, 3.8) is 0 Å². The van der Waals surface area contributed by atoms with E-state index in [9.17, 15) is 20.0 Å². The molecular formula is C32H31ClN6O7S2. The molecular weight excluding hydrogens is 680 g/mol. The summed E-state index contributed by atoms with van der Waals surface area (Å²) in [6, 6.07) is 16.2. The lowest BCUT2D eigenvalue weighted by Gasteiger charge is -2.14. The van der Waals surface area contributed by atoms with Crippen LogP contribution < -0.4 is 20.9 Å². The number of aliphatic hydroxyl groups is 2. The number of nitrogen functional groups attached to an aromatic ring is 1. The number of carbonyl (C=O) groups is 2. The number of benzene rings is 2. The minimum Gasteiger partial charge on any atom is -0.550 e. The molecule has 0 saturated carbocycles. The van der Waals surface area contributed by atoms with Crippen molar-refractivity contribution in [3.8, 4) is 33.5 Å². The molecule has 250 valence electrons. The van der Waals surface area contributed by atoms with E-state index < -0.39 is 18.4 Å². The van der Waals surface area contributed by atoms with E-state index in [-0.39, 0.29) is 43.5 Å². The number of nitriles is 1. The normalized spacial score (nSPS) is 10.3. The van der Waals surface area contributed by atoms with Crippen LogP contribution in [0.5, 0.6) is 5.75 Å².